The molecular weight excluding hydrogens is 412 g/mol. The van der Waals surface area contributed by atoms with Crippen molar-refractivity contribution < 1.29 is 0 Å². The maximum absolute atomic E-state index is 4.95. The SMILES string of the molecule is Cc1cccc(N(c2ccccc2)c2c3ccccc3c(-c3ccccc3)c3ccccc23)n1. The first-order valence-corrected chi connectivity index (χ1v) is 11.6. The van der Waals surface area contributed by atoms with Crippen LogP contribution in [0, 0.1) is 6.92 Å². The molecule has 0 aliphatic carbocycles. The van der Waals surface area contributed by atoms with Crippen LogP contribution >= 0.6 is 0 Å². The maximum atomic E-state index is 4.95. The smallest absolute Gasteiger partial charge is 0.137 e. The Kier molecular flexibility index (Phi) is 5.04. The van der Waals surface area contributed by atoms with Gasteiger partial charge in [-0.2, -0.15) is 0 Å². The van der Waals surface area contributed by atoms with Gasteiger partial charge in [0.15, 0.2) is 0 Å². The number of aryl methyl sites for hydroxylation is 1. The number of hydrogen-bond acceptors (Lipinski definition) is 2. The first-order valence-electron chi connectivity index (χ1n) is 11.6. The van der Waals surface area contributed by atoms with Gasteiger partial charge >= 0.3 is 0 Å². The zero-order chi connectivity index (χ0) is 22.9. The van der Waals surface area contributed by atoms with E-state index in [1.54, 1.807) is 0 Å². The minimum atomic E-state index is 0.911. The van der Waals surface area contributed by atoms with Crippen LogP contribution in [0.3, 0.4) is 0 Å². The molecule has 0 fully saturated rings. The molecule has 6 aromatic rings. The van der Waals surface area contributed by atoms with Gasteiger partial charge in [0.1, 0.15) is 5.82 Å². The largest absolute Gasteiger partial charge is 0.294 e. The predicted molar refractivity (Wildman–Crippen MR) is 144 cm³/mol. The fraction of sp³-hybridized carbons (Fsp3) is 0.0312. The third kappa shape index (κ3) is 3.41. The normalized spacial score (nSPS) is 11.1. The van der Waals surface area contributed by atoms with Crippen LogP contribution in [-0.4, -0.2) is 4.98 Å². The fourth-order valence-corrected chi connectivity index (χ4v) is 4.87. The number of rotatable bonds is 4. The van der Waals surface area contributed by atoms with E-state index in [1.165, 1.54) is 32.7 Å². The number of pyridine rings is 1. The summed E-state index contributed by atoms with van der Waals surface area (Å²) in [6, 6.07) is 44.9. The Bertz CT molecular complexity index is 1550. The average molecular weight is 437 g/mol. The molecule has 0 radical (unpaired) electrons. The highest BCUT2D eigenvalue weighted by atomic mass is 15.2. The van der Waals surface area contributed by atoms with Crippen LogP contribution in [0.25, 0.3) is 32.7 Å². The van der Waals surface area contributed by atoms with Gasteiger partial charge < -0.3 is 0 Å². The molecule has 0 saturated heterocycles. The van der Waals surface area contributed by atoms with Crippen molar-refractivity contribution in [1.82, 2.24) is 4.98 Å². The van der Waals surface area contributed by atoms with E-state index < -0.39 is 0 Å². The number of aromatic nitrogens is 1. The number of anilines is 3. The van der Waals surface area contributed by atoms with E-state index >= 15 is 0 Å². The second-order valence-corrected chi connectivity index (χ2v) is 8.49. The molecule has 34 heavy (non-hydrogen) atoms. The van der Waals surface area contributed by atoms with Gasteiger partial charge in [-0.05, 0) is 53.1 Å². The molecule has 2 heteroatoms. The van der Waals surface area contributed by atoms with Crippen molar-refractivity contribution in [2.75, 3.05) is 4.90 Å². The Morgan fingerprint density at radius 2 is 1.03 bits per heavy atom. The summed E-state index contributed by atoms with van der Waals surface area (Å²) in [6.45, 7) is 2.04. The molecule has 0 unspecified atom stereocenters. The molecule has 1 heterocycles. The Morgan fingerprint density at radius 1 is 0.500 bits per heavy atom. The lowest BCUT2D eigenvalue weighted by atomic mass is 9.90. The molecule has 2 nitrogen and oxygen atoms in total. The summed E-state index contributed by atoms with van der Waals surface area (Å²) < 4.78 is 0. The van der Waals surface area contributed by atoms with Crippen molar-refractivity contribution in [1.29, 1.82) is 0 Å². The lowest BCUT2D eigenvalue weighted by Gasteiger charge is -2.28. The molecule has 0 saturated carbocycles. The van der Waals surface area contributed by atoms with Crippen LogP contribution in [0.2, 0.25) is 0 Å². The van der Waals surface area contributed by atoms with Crippen LogP contribution in [0.15, 0.2) is 127 Å². The second kappa shape index (κ2) is 8.49. The molecule has 0 aliphatic rings. The molecule has 0 N–H and O–H groups in total. The van der Waals surface area contributed by atoms with Gasteiger partial charge in [-0.25, -0.2) is 4.98 Å². The summed E-state index contributed by atoms with van der Waals surface area (Å²) in [4.78, 5) is 7.24. The minimum Gasteiger partial charge on any atom is -0.294 e. The van der Waals surface area contributed by atoms with Gasteiger partial charge in [-0.3, -0.25) is 4.90 Å². The number of fused-ring (bicyclic) bond motifs is 2. The van der Waals surface area contributed by atoms with Gasteiger partial charge in [0.2, 0.25) is 0 Å². The molecule has 0 amide bonds. The van der Waals surface area contributed by atoms with Gasteiger partial charge in [0.05, 0.1) is 5.69 Å². The molecule has 5 aromatic carbocycles. The average Bonchev–Trinajstić information content (AvgIpc) is 2.90. The first-order chi connectivity index (χ1) is 16.8. The van der Waals surface area contributed by atoms with E-state index in [1.807, 2.05) is 13.0 Å². The van der Waals surface area contributed by atoms with Crippen LogP contribution in [-0.2, 0) is 0 Å². The predicted octanol–water partition coefficient (Wildman–Crippen LogP) is 8.83. The van der Waals surface area contributed by atoms with Crippen LogP contribution < -0.4 is 4.90 Å². The third-order valence-corrected chi connectivity index (χ3v) is 6.31. The van der Waals surface area contributed by atoms with Gasteiger partial charge in [-0.15, -0.1) is 0 Å². The van der Waals surface area contributed by atoms with Crippen molar-refractivity contribution in [3.05, 3.63) is 133 Å². The minimum absolute atomic E-state index is 0.911. The number of hydrogen-bond donors (Lipinski definition) is 0. The standard InChI is InChI=1S/C32H24N2/c1-23-13-12-22-30(33-23)34(25-16-6-3-7-17-25)32-28-20-10-8-18-26(28)31(24-14-4-2-5-15-24)27-19-9-11-21-29(27)32/h2-22H,1H3. The van der Waals surface area contributed by atoms with E-state index in [0.717, 1.165) is 22.9 Å². The molecular formula is C32H24N2. The quantitative estimate of drug-likeness (QED) is 0.257. The van der Waals surface area contributed by atoms with E-state index in [2.05, 4.69) is 126 Å². The van der Waals surface area contributed by atoms with Crippen molar-refractivity contribution in [3.8, 4) is 11.1 Å². The Labute approximate surface area is 199 Å². The van der Waals surface area contributed by atoms with Crippen molar-refractivity contribution in [2.45, 2.75) is 6.92 Å². The summed E-state index contributed by atoms with van der Waals surface area (Å²) >= 11 is 0. The van der Waals surface area contributed by atoms with Crippen LogP contribution in [0.4, 0.5) is 17.2 Å². The second-order valence-electron chi connectivity index (χ2n) is 8.49. The lowest BCUT2D eigenvalue weighted by molar-refractivity contribution is 1.14. The van der Waals surface area contributed by atoms with Crippen LogP contribution in [0.5, 0.6) is 0 Å². The van der Waals surface area contributed by atoms with Gasteiger partial charge in [0.25, 0.3) is 0 Å². The molecule has 0 atom stereocenters. The van der Waals surface area contributed by atoms with E-state index in [9.17, 15) is 0 Å². The zero-order valence-electron chi connectivity index (χ0n) is 19.0. The van der Waals surface area contributed by atoms with Crippen molar-refractivity contribution in [3.63, 3.8) is 0 Å². The monoisotopic (exact) mass is 436 g/mol. The molecule has 0 aliphatic heterocycles. The summed E-state index contributed by atoms with van der Waals surface area (Å²) in [5.41, 5.74) is 5.72. The van der Waals surface area contributed by atoms with Gasteiger partial charge in [-0.1, -0.05) is 103 Å². The topological polar surface area (TPSA) is 16.1 Å². The highest BCUT2D eigenvalue weighted by molar-refractivity contribution is 6.22. The summed E-state index contributed by atoms with van der Waals surface area (Å²) in [5, 5.41) is 4.87. The van der Waals surface area contributed by atoms with Crippen LogP contribution in [0.1, 0.15) is 5.69 Å². The Hall–Kier alpha value is -4.43. The maximum Gasteiger partial charge on any atom is 0.137 e. The zero-order valence-corrected chi connectivity index (χ0v) is 19.0. The summed E-state index contributed by atoms with van der Waals surface area (Å²) in [7, 11) is 0. The Balaban J connectivity index is 1.78. The van der Waals surface area contributed by atoms with E-state index in [0.29, 0.717) is 0 Å². The summed E-state index contributed by atoms with van der Waals surface area (Å²) in [6.07, 6.45) is 0. The molecule has 1 aromatic heterocycles. The highest BCUT2D eigenvalue weighted by Crippen LogP contribution is 2.47. The molecule has 162 valence electrons. The number of benzene rings is 5. The highest BCUT2D eigenvalue weighted by Gasteiger charge is 2.22. The summed E-state index contributed by atoms with van der Waals surface area (Å²) in [5.74, 6) is 0.911. The molecule has 6 rings (SSSR count). The third-order valence-electron chi connectivity index (χ3n) is 6.31. The van der Waals surface area contributed by atoms with E-state index in [-0.39, 0.29) is 0 Å². The van der Waals surface area contributed by atoms with Crippen molar-refractivity contribution >= 4 is 38.7 Å². The fourth-order valence-electron chi connectivity index (χ4n) is 4.87. The molecule has 0 spiro atoms. The molecule has 0 bridgehead atoms. The number of para-hydroxylation sites is 1. The number of nitrogens with zero attached hydrogens (tertiary/aromatic N) is 2. The van der Waals surface area contributed by atoms with Gasteiger partial charge in [0, 0.05) is 22.2 Å². The first kappa shape index (κ1) is 20.2. The Morgan fingerprint density at radius 3 is 1.62 bits per heavy atom. The lowest BCUT2D eigenvalue weighted by Crippen LogP contribution is -2.13. The van der Waals surface area contributed by atoms with E-state index in [4.69, 9.17) is 4.98 Å². The van der Waals surface area contributed by atoms with Crippen molar-refractivity contribution in [2.24, 2.45) is 0 Å².